The highest BCUT2D eigenvalue weighted by Crippen LogP contribution is 2.26. The lowest BCUT2D eigenvalue weighted by Crippen LogP contribution is -2.28. The Morgan fingerprint density at radius 2 is 1.68 bits per heavy atom. The molecule has 1 amide bonds. The quantitative estimate of drug-likeness (QED) is 0.442. The summed E-state index contributed by atoms with van der Waals surface area (Å²) < 4.78 is 10.4. The van der Waals surface area contributed by atoms with Gasteiger partial charge in [0.25, 0.3) is 0 Å². The molecule has 34 heavy (non-hydrogen) atoms. The maximum atomic E-state index is 11.2. The van der Waals surface area contributed by atoms with E-state index in [1.54, 1.807) is 0 Å². The molecule has 2 aromatic rings. The molecule has 1 heterocycles. The van der Waals surface area contributed by atoms with E-state index in [1.807, 2.05) is 25.1 Å². The molecule has 190 valence electrons. The van der Waals surface area contributed by atoms with E-state index >= 15 is 0 Å². The molecule has 8 nitrogen and oxygen atoms in total. The number of ketones is 1. The molecule has 0 atom stereocenters. The van der Waals surface area contributed by atoms with Gasteiger partial charge in [-0.25, -0.2) is 9.97 Å². The molecule has 0 bridgehead atoms. The van der Waals surface area contributed by atoms with Gasteiger partial charge in [-0.2, -0.15) is 0 Å². The molecule has 0 unspecified atom stereocenters. The number of nitrogens with two attached hydrogens (primary N) is 1. The number of ether oxygens (including phenoxy) is 2. The standard InChI is InChI=1S/C19H25N3O2.C4H9NO2.C3H8/c1-5-9-22(13-14(2)3)16-7-6-8-17(10-16)24-18-11-20-19(15(4)23)21-12-18;1-2-7-3-4(5)6;1-3-2/h6-8,10-12,14H,5,9,13H2,1-4H3;2-3H2,1H3,(H2,5,6);3H2,1-2H3. The first-order chi connectivity index (χ1) is 16.2. The van der Waals surface area contributed by atoms with Gasteiger partial charge in [0, 0.05) is 38.4 Å². The molecule has 1 aromatic heterocycles. The molecular weight excluding hydrogens is 432 g/mol. The molecule has 0 saturated carbocycles. The van der Waals surface area contributed by atoms with Crippen molar-refractivity contribution in [2.45, 2.75) is 61.3 Å². The van der Waals surface area contributed by atoms with E-state index in [2.05, 4.69) is 60.3 Å². The fraction of sp³-hybridized carbons (Fsp3) is 0.538. The molecule has 0 aliphatic heterocycles. The van der Waals surface area contributed by atoms with Gasteiger partial charge in [0.2, 0.25) is 5.91 Å². The van der Waals surface area contributed by atoms with Gasteiger partial charge in [-0.1, -0.05) is 47.1 Å². The van der Waals surface area contributed by atoms with Gasteiger partial charge in [-0.05, 0) is 31.4 Å². The first-order valence-corrected chi connectivity index (χ1v) is 11.9. The van der Waals surface area contributed by atoms with Gasteiger partial charge in [0.15, 0.2) is 17.4 Å². The molecule has 0 aliphatic rings. The number of carbonyl (C=O) groups excluding carboxylic acids is 2. The topological polar surface area (TPSA) is 108 Å². The van der Waals surface area contributed by atoms with Crippen LogP contribution in [0.5, 0.6) is 11.5 Å². The highest BCUT2D eigenvalue weighted by Gasteiger charge is 2.10. The Morgan fingerprint density at radius 1 is 1.06 bits per heavy atom. The summed E-state index contributed by atoms with van der Waals surface area (Å²) in [5, 5.41) is 0. The van der Waals surface area contributed by atoms with Crippen molar-refractivity contribution < 1.29 is 19.1 Å². The van der Waals surface area contributed by atoms with Crippen molar-refractivity contribution in [1.82, 2.24) is 9.97 Å². The van der Waals surface area contributed by atoms with Crippen LogP contribution in [-0.4, -0.2) is 48.0 Å². The van der Waals surface area contributed by atoms with Crippen molar-refractivity contribution in [2.24, 2.45) is 11.7 Å². The van der Waals surface area contributed by atoms with Gasteiger partial charge < -0.3 is 20.1 Å². The zero-order valence-corrected chi connectivity index (χ0v) is 21.8. The van der Waals surface area contributed by atoms with E-state index in [9.17, 15) is 9.59 Å². The summed E-state index contributed by atoms with van der Waals surface area (Å²) in [6, 6.07) is 8.01. The Hall–Kier alpha value is -3.00. The maximum Gasteiger partial charge on any atom is 0.243 e. The summed E-state index contributed by atoms with van der Waals surface area (Å²) in [4.78, 5) is 31.4. The van der Waals surface area contributed by atoms with Gasteiger partial charge in [0.1, 0.15) is 12.4 Å². The second-order valence-electron chi connectivity index (χ2n) is 8.05. The minimum absolute atomic E-state index is 0.0382. The fourth-order valence-corrected chi connectivity index (χ4v) is 2.67. The van der Waals surface area contributed by atoms with Gasteiger partial charge >= 0.3 is 0 Å². The molecule has 0 aliphatic carbocycles. The van der Waals surface area contributed by atoms with Crippen LogP contribution in [-0.2, 0) is 9.53 Å². The number of nitrogens with zero attached hydrogens (tertiary/aromatic N) is 3. The number of rotatable bonds is 11. The summed E-state index contributed by atoms with van der Waals surface area (Å²) in [5.74, 6) is 1.46. The lowest BCUT2D eigenvalue weighted by Gasteiger charge is -2.26. The van der Waals surface area contributed by atoms with Gasteiger partial charge in [-0.3, -0.25) is 9.59 Å². The third-order valence-electron chi connectivity index (χ3n) is 3.89. The first kappa shape index (κ1) is 31.0. The van der Waals surface area contributed by atoms with Crippen molar-refractivity contribution >= 4 is 17.4 Å². The highest BCUT2D eigenvalue weighted by molar-refractivity contribution is 5.90. The molecule has 0 saturated heterocycles. The van der Waals surface area contributed by atoms with E-state index in [0.29, 0.717) is 18.3 Å². The van der Waals surface area contributed by atoms with Crippen LogP contribution in [0.15, 0.2) is 36.7 Å². The van der Waals surface area contributed by atoms with Crippen molar-refractivity contribution in [1.29, 1.82) is 0 Å². The number of primary amides is 1. The number of hydrogen-bond donors (Lipinski definition) is 1. The third kappa shape index (κ3) is 14.2. The smallest absolute Gasteiger partial charge is 0.243 e. The predicted molar refractivity (Wildman–Crippen MR) is 138 cm³/mol. The molecule has 0 radical (unpaired) electrons. The molecule has 1 aromatic carbocycles. The van der Waals surface area contributed by atoms with Crippen LogP contribution in [0.4, 0.5) is 5.69 Å². The number of Topliss-reactive ketones (excluding diaryl/α,β-unsaturated/α-hetero) is 1. The summed E-state index contributed by atoms with van der Waals surface area (Å²) in [7, 11) is 0. The summed E-state index contributed by atoms with van der Waals surface area (Å²) >= 11 is 0. The summed E-state index contributed by atoms with van der Waals surface area (Å²) in [6.45, 7) is 16.7. The normalized spacial score (nSPS) is 9.88. The Morgan fingerprint density at radius 3 is 2.12 bits per heavy atom. The molecule has 0 spiro atoms. The van der Waals surface area contributed by atoms with Crippen LogP contribution < -0.4 is 15.4 Å². The zero-order chi connectivity index (χ0) is 25.9. The first-order valence-electron chi connectivity index (χ1n) is 11.9. The zero-order valence-electron chi connectivity index (χ0n) is 21.8. The van der Waals surface area contributed by atoms with Crippen molar-refractivity contribution in [3.63, 3.8) is 0 Å². The van der Waals surface area contributed by atoms with E-state index in [1.165, 1.54) is 25.7 Å². The number of amides is 1. The minimum atomic E-state index is -0.415. The number of carbonyl (C=O) groups is 2. The van der Waals surface area contributed by atoms with Gasteiger partial charge in [0.05, 0.1) is 12.4 Å². The van der Waals surface area contributed by atoms with Crippen LogP contribution in [0.3, 0.4) is 0 Å². The maximum absolute atomic E-state index is 11.2. The molecule has 0 fully saturated rings. The second kappa shape index (κ2) is 18.4. The lowest BCUT2D eigenvalue weighted by atomic mass is 10.1. The van der Waals surface area contributed by atoms with Crippen LogP contribution in [0.25, 0.3) is 0 Å². The van der Waals surface area contributed by atoms with E-state index in [4.69, 9.17) is 10.5 Å². The van der Waals surface area contributed by atoms with Crippen LogP contribution in [0, 0.1) is 5.92 Å². The number of aromatic nitrogens is 2. The van der Waals surface area contributed by atoms with E-state index < -0.39 is 5.91 Å². The Bertz CT molecular complexity index is 826. The largest absolute Gasteiger partial charge is 0.454 e. The molecule has 2 rings (SSSR count). The third-order valence-corrected chi connectivity index (χ3v) is 3.89. The highest BCUT2D eigenvalue weighted by atomic mass is 16.5. The molecule has 2 N–H and O–H groups in total. The molecule has 8 heteroatoms. The lowest BCUT2D eigenvalue weighted by molar-refractivity contribution is -0.122. The van der Waals surface area contributed by atoms with E-state index in [-0.39, 0.29) is 18.2 Å². The second-order valence-corrected chi connectivity index (χ2v) is 8.05. The fourth-order valence-electron chi connectivity index (χ4n) is 2.67. The molecular formula is C26H42N4O4. The Kier molecular flexibility index (Phi) is 16.8. The monoisotopic (exact) mass is 474 g/mol. The minimum Gasteiger partial charge on any atom is -0.454 e. The van der Waals surface area contributed by atoms with Crippen LogP contribution in [0.2, 0.25) is 0 Å². The van der Waals surface area contributed by atoms with Crippen LogP contribution >= 0.6 is 0 Å². The van der Waals surface area contributed by atoms with Crippen molar-refractivity contribution in [3.05, 3.63) is 42.5 Å². The van der Waals surface area contributed by atoms with Crippen molar-refractivity contribution in [3.8, 4) is 11.5 Å². The number of hydrogen-bond acceptors (Lipinski definition) is 7. The Labute approximate surface area is 204 Å². The van der Waals surface area contributed by atoms with Crippen molar-refractivity contribution in [2.75, 3.05) is 31.2 Å². The van der Waals surface area contributed by atoms with E-state index in [0.717, 1.165) is 30.9 Å². The predicted octanol–water partition coefficient (Wildman–Crippen LogP) is 5.27. The Balaban J connectivity index is 0.000000920. The number of anilines is 1. The summed E-state index contributed by atoms with van der Waals surface area (Å²) in [5.41, 5.74) is 5.86. The van der Waals surface area contributed by atoms with Crippen LogP contribution in [0.1, 0.15) is 71.9 Å². The average Bonchev–Trinajstić information content (AvgIpc) is 2.78. The number of benzene rings is 1. The van der Waals surface area contributed by atoms with Gasteiger partial charge in [-0.15, -0.1) is 0 Å². The SMILES string of the molecule is CCC.CCCN(CC(C)C)c1cccc(Oc2cnc(C(C)=O)nc2)c1.CCOCC(N)=O. The summed E-state index contributed by atoms with van der Waals surface area (Å²) in [6.07, 6.45) is 5.39. The average molecular weight is 475 g/mol.